The van der Waals surface area contributed by atoms with E-state index < -0.39 is 5.41 Å². The second-order valence-electron chi connectivity index (χ2n) is 4.66. The van der Waals surface area contributed by atoms with E-state index in [1.807, 2.05) is 12.1 Å². The Balaban J connectivity index is 2.24. The molecule has 4 heteroatoms. The lowest BCUT2D eigenvalue weighted by Crippen LogP contribution is -2.43. The Hall–Kier alpha value is -1.42. The molecular weight excluding hydrogens is 216 g/mol. The molecule has 0 saturated heterocycles. The first kappa shape index (κ1) is 12.0. The van der Waals surface area contributed by atoms with Crippen LogP contribution in [0.25, 0.3) is 0 Å². The Morgan fingerprint density at radius 3 is 2.65 bits per heavy atom. The molecule has 4 nitrogen and oxygen atoms in total. The van der Waals surface area contributed by atoms with Crippen LogP contribution in [-0.2, 0) is 16.0 Å². The molecule has 1 aliphatic rings. The van der Waals surface area contributed by atoms with Crippen LogP contribution in [0.3, 0.4) is 0 Å². The lowest BCUT2D eigenvalue weighted by molar-refractivity contribution is -0.153. The van der Waals surface area contributed by atoms with Crippen molar-refractivity contribution in [3.05, 3.63) is 30.1 Å². The van der Waals surface area contributed by atoms with Crippen molar-refractivity contribution in [2.75, 3.05) is 13.7 Å². The third kappa shape index (κ3) is 2.31. The summed E-state index contributed by atoms with van der Waals surface area (Å²) in [5, 5.41) is 0. The van der Waals surface area contributed by atoms with Gasteiger partial charge in [0.1, 0.15) is 0 Å². The maximum absolute atomic E-state index is 12.0. The van der Waals surface area contributed by atoms with Gasteiger partial charge in [-0.3, -0.25) is 9.78 Å². The molecule has 2 rings (SSSR count). The SMILES string of the molecule is COC(=O)C(CN)(Cc1ccncc1)C1CC1. The van der Waals surface area contributed by atoms with Crippen LogP contribution >= 0.6 is 0 Å². The number of rotatable bonds is 5. The van der Waals surface area contributed by atoms with Gasteiger partial charge >= 0.3 is 5.97 Å². The summed E-state index contributed by atoms with van der Waals surface area (Å²) in [5.74, 6) is 0.187. The van der Waals surface area contributed by atoms with Gasteiger partial charge in [0.25, 0.3) is 0 Å². The number of nitrogens with two attached hydrogens (primary N) is 1. The zero-order valence-electron chi connectivity index (χ0n) is 10.1. The van der Waals surface area contributed by atoms with Crippen molar-refractivity contribution in [1.82, 2.24) is 4.98 Å². The smallest absolute Gasteiger partial charge is 0.313 e. The van der Waals surface area contributed by atoms with Crippen LogP contribution in [0.1, 0.15) is 18.4 Å². The van der Waals surface area contributed by atoms with Crippen LogP contribution in [0, 0.1) is 11.3 Å². The van der Waals surface area contributed by atoms with Gasteiger partial charge in [0.15, 0.2) is 0 Å². The predicted octanol–water partition coefficient (Wildman–Crippen LogP) is 1.15. The van der Waals surface area contributed by atoms with Crippen molar-refractivity contribution in [3.8, 4) is 0 Å². The Kier molecular flexibility index (Phi) is 3.43. The number of hydrogen-bond donors (Lipinski definition) is 1. The minimum Gasteiger partial charge on any atom is -0.469 e. The van der Waals surface area contributed by atoms with Crippen molar-refractivity contribution in [2.45, 2.75) is 19.3 Å². The van der Waals surface area contributed by atoms with Crippen LogP contribution in [-0.4, -0.2) is 24.6 Å². The average Bonchev–Trinajstić information content (AvgIpc) is 3.21. The molecule has 1 saturated carbocycles. The standard InChI is InChI=1S/C13H18N2O2/c1-17-12(16)13(9-14,11-2-3-11)8-10-4-6-15-7-5-10/h4-7,11H,2-3,8-9,14H2,1H3. The molecule has 0 spiro atoms. The molecule has 1 unspecified atom stereocenters. The van der Waals surface area contributed by atoms with Crippen LogP contribution in [0.4, 0.5) is 0 Å². The minimum absolute atomic E-state index is 0.181. The third-order valence-corrected chi connectivity index (χ3v) is 3.58. The van der Waals surface area contributed by atoms with E-state index in [1.165, 1.54) is 7.11 Å². The molecule has 2 N–H and O–H groups in total. The molecule has 1 heterocycles. The number of pyridine rings is 1. The lowest BCUT2D eigenvalue weighted by atomic mass is 9.77. The zero-order valence-corrected chi connectivity index (χ0v) is 10.1. The fourth-order valence-electron chi connectivity index (χ4n) is 2.41. The van der Waals surface area contributed by atoms with Crippen LogP contribution in [0.5, 0.6) is 0 Å². The molecule has 0 bridgehead atoms. The van der Waals surface area contributed by atoms with Crippen LogP contribution in [0.15, 0.2) is 24.5 Å². The zero-order chi connectivity index (χ0) is 12.3. The summed E-state index contributed by atoms with van der Waals surface area (Å²) >= 11 is 0. The van der Waals surface area contributed by atoms with Crippen LogP contribution in [0.2, 0.25) is 0 Å². The summed E-state index contributed by atoms with van der Waals surface area (Å²) in [5.41, 5.74) is 6.40. The molecule has 17 heavy (non-hydrogen) atoms. The molecule has 0 radical (unpaired) electrons. The quantitative estimate of drug-likeness (QED) is 0.776. The molecule has 1 aliphatic carbocycles. The fraction of sp³-hybridized carbons (Fsp3) is 0.538. The maximum atomic E-state index is 12.0. The maximum Gasteiger partial charge on any atom is 0.313 e. The van der Waals surface area contributed by atoms with Gasteiger partial charge in [-0.05, 0) is 42.9 Å². The number of carbonyl (C=O) groups is 1. The Morgan fingerprint density at radius 2 is 2.18 bits per heavy atom. The van der Waals surface area contributed by atoms with Crippen molar-refractivity contribution < 1.29 is 9.53 Å². The predicted molar refractivity (Wildman–Crippen MR) is 64.2 cm³/mol. The molecule has 0 amide bonds. The van der Waals surface area contributed by atoms with Crippen molar-refractivity contribution >= 4 is 5.97 Å². The fourth-order valence-corrected chi connectivity index (χ4v) is 2.41. The van der Waals surface area contributed by atoms with E-state index in [2.05, 4.69) is 4.98 Å². The van der Waals surface area contributed by atoms with Gasteiger partial charge in [-0.15, -0.1) is 0 Å². The second kappa shape index (κ2) is 4.84. The molecule has 0 aliphatic heterocycles. The monoisotopic (exact) mass is 234 g/mol. The number of aromatic nitrogens is 1. The number of esters is 1. The number of methoxy groups -OCH3 is 1. The summed E-state index contributed by atoms with van der Waals surface area (Å²) in [7, 11) is 1.43. The molecule has 1 atom stereocenters. The molecule has 0 aromatic carbocycles. The number of carbonyl (C=O) groups excluding carboxylic acids is 1. The van der Waals surface area contributed by atoms with E-state index >= 15 is 0 Å². The molecule has 1 fully saturated rings. The third-order valence-electron chi connectivity index (χ3n) is 3.58. The Morgan fingerprint density at radius 1 is 1.53 bits per heavy atom. The van der Waals surface area contributed by atoms with E-state index in [9.17, 15) is 4.79 Å². The minimum atomic E-state index is -0.546. The number of hydrogen-bond acceptors (Lipinski definition) is 4. The summed E-state index contributed by atoms with van der Waals surface area (Å²) in [6.07, 6.45) is 6.25. The average molecular weight is 234 g/mol. The van der Waals surface area contributed by atoms with Gasteiger partial charge in [0.05, 0.1) is 12.5 Å². The van der Waals surface area contributed by atoms with E-state index in [1.54, 1.807) is 12.4 Å². The first-order chi connectivity index (χ1) is 8.23. The number of ether oxygens (including phenoxy) is 1. The Labute approximate surface area is 101 Å². The highest BCUT2D eigenvalue weighted by molar-refractivity contribution is 5.78. The van der Waals surface area contributed by atoms with Gasteiger partial charge < -0.3 is 10.5 Å². The van der Waals surface area contributed by atoms with Crippen molar-refractivity contribution in [3.63, 3.8) is 0 Å². The summed E-state index contributed by atoms with van der Waals surface area (Å²) in [6, 6.07) is 3.85. The highest BCUT2D eigenvalue weighted by atomic mass is 16.5. The molecule has 92 valence electrons. The molecule has 1 aromatic heterocycles. The summed E-state index contributed by atoms with van der Waals surface area (Å²) in [4.78, 5) is 16.0. The summed E-state index contributed by atoms with van der Waals surface area (Å²) < 4.78 is 4.95. The van der Waals surface area contributed by atoms with Gasteiger partial charge in [-0.2, -0.15) is 0 Å². The van der Waals surface area contributed by atoms with E-state index in [-0.39, 0.29) is 5.97 Å². The van der Waals surface area contributed by atoms with Gasteiger partial charge in [-0.25, -0.2) is 0 Å². The molecule has 1 aromatic rings. The lowest BCUT2D eigenvalue weighted by Gasteiger charge is -2.29. The Bertz CT molecular complexity index is 390. The normalized spacial score (nSPS) is 18.5. The first-order valence-corrected chi connectivity index (χ1v) is 5.90. The van der Waals surface area contributed by atoms with Crippen LogP contribution < -0.4 is 5.73 Å². The number of nitrogens with zero attached hydrogens (tertiary/aromatic N) is 1. The highest BCUT2D eigenvalue weighted by Crippen LogP contribution is 2.47. The highest BCUT2D eigenvalue weighted by Gasteiger charge is 2.50. The van der Waals surface area contributed by atoms with Gasteiger partial charge in [0.2, 0.25) is 0 Å². The first-order valence-electron chi connectivity index (χ1n) is 5.90. The van der Waals surface area contributed by atoms with Crippen molar-refractivity contribution in [1.29, 1.82) is 0 Å². The topological polar surface area (TPSA) is 65.2 Å². The van der Waals surface area contributed by atoms with E-state index in [4.69, 9.17) is 10.5 Å². The summed E-state index contributed by atoms with van der Waals surface area (Å²) in [6.45, 7) is 0.340. The van der Waals surface area contributed by atoms with Gasteiger partial charge in [0, 0.05) is 18.9 Å². The van der Waals surface area contributed by atoms with Crippen molar-refractivity contribution in [2.24, 2.45) is 17.1 Å². The van der Waals surface area contributed by atoms with E-state index in [0.29, 0.717) is 18.9 Å². The molecular formula is C13H18N2O2. The van der Waals surface area contributed by atoms with E-state index in [0.717, 1.165) is 18.4 Å². The largest absolute Gasteiger partial charge is 0.469 e. The second-order valence-corrected chi connectivity index (χ2v) is 4.66. The van der Waals surface area contributed by atoms with Gasteiger partial charge in [-0.1, -0.05) is 0 Å².